The number of aryl methyl sites for hydroxylation is 1. The summed E-state index contributed by atoms with van der Waals surface area (Å²) in [4.78, 5) is 1.76. The molecule has 0 aliphatic rings. The lowest BCUT2D eigenvalue weighted by atomic mass is 9.92. The highest BCUT2D eigenvalue weighted by molar-refractivity contribution is 6.33. The van der Waals surface area contributed by atoms with Gasteiger partial charge in [-0.2, -0.15) is 26.3 Å². The van der Waals surface area contributed by atoms with Crippen molar-refractivity contribution in [1.82, 2.24) is 0 Å². The highest BCUT2D eigenvalue weighted by atomic mass is 35.5. The average molecular weight is 440 g/mol. The molecule has 0 bridgehead atoms. The number of benzene rings is 2. The molecule has 0 radical (unpaired) electrons. The third-order valence-corrected chi connectivity index (χ3v) is 4.95. The zero-order valence-electron chi connectivity index (χ0n) is 15.5. The summed E-state index contributed by atoms with van der Waals surface area (Å²) in [6.45, 7) is 2.76. The van der Waals surface area contributed by atoms with Crippen LogP contribution in [0.2, 0.25) is 5.02 Å². The molecule has 2 nitrogen and oxygen atoms in total. The van der Waals surface area contributed by atoms with E-state index >= 15 is 0 Å². The Bertz CT molecular complexity index is 793. The highest BCUT2D eigenvalue weighted by Gasteiger charge is 2.71. The number of halogens is 7. The first-order valence-corrected chi connectivity index (χ1v) is 9.24. The van der Waals surface area contributed by atoms with E-state index < -0.39 is 23.5 Å². The number of aliphatic hydroxyl groups is 1. The number of nitrogens with zero attached hydrogens (tertiary/aromatic N) is 1. The maximum absolute atomic E-state index is 13.0. The lowest BCUT2D eigenvalue weighted by Crippen LogP contribution is -2.53. The Morgan fingerprint density at radius 2 is 1.52 bits per heavy atom. The van der Waals surface area contributed by atoms with E-state index in [0.717, 1.165) is 18.1 Å². The number of hydrogen-bond acceptors (Lipinski definition) is 2. The van der Waals surface area contributed by atoms with E-state index in [4.69, 9.17) is 11.6 Å². The smallest absolute Gasteiger partial charge is 0.371 e. The first kappa shape index (κ1) is 23.3. The van der Waals surface area contributed by atoms with Crippen LogP contribution in [0.15, 0.2) is 48.5 Å². The van der Waals surface area contributed by atoms with Gasteiger partial charge in [0.15, 0.2) is 0 Å². The molecular formula is C20H20ClF6NO. The minimum absolute atomic E-state index is 0.295. The van der Waals surface area contributed by atoms with Crippen LogP contribution < -0.4 is 4.90 Å². The SMILES string of the molecule is CCN(CCCc1ccccc1)c1ccc(C(O)(C(F)(F)F)C(F)(F)F)cc1Cl. The maximum Gasteiger partial charge on any atom is 0.430 e. The van der Waals surface area contributed by atoms with Gasteiger partial charge >= 0.3 is 12.4 Å². The van der Waals surface area contributed by atoms with Crippen molar-refractivity contribution < 1.29 is 31.4 Å². The van der Waals surface area contributed by atoms with E-state index in [2.05, 4.69) is 0 Å². The Morgan fingerprint density at radius 3 is 2.00 bits per heavy atom. The van der Waals surface area contributed by atoms with Gasteiger partial charge in [0, 0.05) is 18.7 Å². The Kier molecular flexibility index (Phi) is 7.11. The summed E-state index contributed by atoms with van der Waals surface area (Å²) >= 11 is 6.02. The van der Waals surface area contributed by atoms with E-state index in [1.54, 1.807) is 11.8 Å². The monoisotopic (exact) mass is 439 g/mol. The molecular weight excluding hydrogens is 420 g/mol. The van der Waals surface area contributed by atoms with Crippen LogP contribution in [0, 0.1) is 0 Å². The average Bonchev–Trinajstić information content (AvgIpc) is 2.64. The summed E-state index contributed by atoms with van der Waals surface area (Å²) in [5.74, 6) is 0. The van der Waals surface area contributed by atoms with Gasteiger partial charge in [0.2, 0.25) is 0 Å². The Hall–Kier alpha value is -1.93. The second-order valence-corrected chi connectivity index (χ2v) is 6.95. The van der Waals surface area contributed by atoms with Crippen LogP contribution in [0.4, 0.5) is 32.0 Å². The minimum atomic E-state index is -5.95. The number of anilines is 1. The largest absolute Gasteiger partial charge is 0.430 e. The van der Waals surface area contributed by atoms with Crippen LogP contribution in [-0.2, 0) is 12.0 Å². The first-order chi connectivity index (χ1) is 13.4. The van der Waals surface area contributed by atoms with Gasteiger partial charge in [0.1, 0.15) is 0 Å². The van der Waals surface area contributed by atoms with Crippen molar-refractivity contribution in [3.8, 4) is 0 Å². The van der Waals surface area contributed by atoms with Crippen LogP contribution in [0.25, 0.3) is 0 Å². The normalized spacial score (nSPS) is 12.9. The van der Waals surface area contributed by atoms with E-state index in [0.29, 0.717) is 37.3 Å². The molecule has 0 spiro atoms. The number of alkyl halides is 6. The second kappa shape index (κ2) is 8.83. The number of rotatable bonds is 7. The molecule has 0 aliphatic carbocycles. The molecule has 0 saturated heterocycles. The fraction of sp³-hybridized carbons (Fsp3) is 0.400. The van der Waals surface area contributed by atoms with Crippen molar-refractivity contribution in [2.75, 3.05) is 18.0 Å². The van der Waals surface area contributed by atoms with Crippen molar-refractivity contribution in [3.05, 3.63) is 64.7 Å². The minimum Gasteiger partial charge on any atom is -0.371 e. The molecule has 1 N–H and O–H groups in total. The summed E-state index contributed by atoms with van der Waals surface area (Å²) in [5, 5.41) is 9.22. The first-order valence-electron chi connectivity index (χ1n) is 8.86. The lowest BCUT2D eigenvalue weighted by Gasteiger charge is -2.33. The van der Waals surface area contributed by atoms with Gasteiger partial charge in [0.05, 0.1) is 10.7 Å². The van der Waals surface area contributed by atoms with Crippen molar-refractivity contribution in [2.45, 2.75) is 37.7 Å². The van der Waals surface area contributed by atoms with E-state index in [1.807, 2.05) is 30.3 Å². The van der Waals surface area contributed by atoms with Gasteiger partial charge in [-0.1, -0.05) is 48.0 Å². The zero-order chi connectivity index (χ0) is 21.9. The predicted molar refractivity (Wildman–Crippen MR) is 100 cm³/mol. The van der Waals surface area contributed by atoms with Crippen LogP contribution >= 0.6 is 11.6 Å². The molecule has 2 aromatic rings. The zero-order valence-corrected chi connectivity index (χ0v) is 16.2. The van der Waals surface area contributed by atoms with Gasteiger partial charge in [0.25, 0.3) is 5.60 Å². The summed E-state index contributed by atoms with van der Waals surface area (Å²) < 4.78 is 78.3. The Balaban J connectivity index is 2.24. The molecule has 0 heterocycles. The van der Waals surface area contributed by atoms with Gasteiger partial charge in [-0.15, -0.1) is 0 Å². The Labute approximate surface area is 169 Å². The van der Waals surface area contributed by atoms with Crippen LogP contribution in [0.3, 0.4) is 0 Å². The molecule has 2 rings (SSSR count). The van der Waals surface area contributed by atoms with E-state index in [9.17, 15) is 31.4 Å². The van der Waals surface area contributed by atoms with Crippen LogP contribution in [-0.4, -0.2) is 30.5 Å². The summed E-state index contributed by atoms with van der Waals surface area (Å²) in [7, 11) is 0. The molecule has 0 fully saturated rings. The molecule has 0 unspecified atom stereocenters. The van der Waals surface area contributed by atoms with Crippen LogP contribution in [0.1, 0.15) is 24.5 Å². The molecule has 0 amide bonds. The maximum atomic E-state index is 13.0. The third-order valence-electron chi connectivity index (χ3n) is 4.64. The number of hydrogen-bond donors (Lipinski definition) is 1. The molecule has 0 saturated carbocycles. The lowest BCUT2D eigenvalue weighted by molar-refractivity contribution is -0.376. The Morgan fingerprint density at radius 1 is 0.931 bits per heavy atom. The van der Waals surface area contributed by atoms with E-state index in [-0.39, 0.29) is 5.02 Å². The van der Waals surface area contributed by atoms with Crippen molar-refractivity contribution in [3.63, 3.8) is 0 Å². The predicted octanol–water partition coefficient (Wildman–Crippen LogP) is 6.11. The van der Waals surface area contributed by atoms with Crippen molar-refractivity contribution >= 4 is 17.3 Å². The van der Waals surface area contributed by atoms with Crippen molar-refractivity contribution in [2.24, 2.45) is 0 Å². The molecule has 160 valence electrons. The van der Waals surface area contributed by atoms with Crippen LogP contribution in [0.5, 0.6) is 0 Å². The third kappa shape index (κ3) is 4.98. The molecule has 0 aromatic heterocycles. The fourth-order valence-electron chi connectivity index (χ4n) is 3.04. The van der Waals surface area contributed by atoms with Gasteiger partial charge < -0.3 is 10.0 Å². The summed E-state index contributed by atoms with van der Waals surface area (Å²) in [5.41, 5.74) is -4.94. The summed E-state index contributed by atoms with van der Waals surface area (Å²) in [6, 6.07) is 11.9. The fourth-order valence-corrected chi connectivity index (χ4v) is 3.34. The highest BCUT2D eigenvalue weighted by Crippen LogP contribution is 2.50. The molecule has 2 aromatic carbocycles. The van der Waals surface area contributed by atoms with Gasteiger partial charge in [-0.05, 0) is 37.5 Å². The molecule has 0 aliphatic heterocycles. The molecule has 0 atom stereocenters. The van der Waals surface area contributed by atoms with E-state index in [1.165, 1.54) is 0 Å². The summed E-state index contributed by atoms with van der Waals surface area (Å²) in [6.07, 6.45) is -10.4. The van der Waals surface area contributed by atoms with Crippen molar-refractivity contribution in [1.29, 1.82) is 0 Å². The molecule has 29 heavy (non-hydrogen) atoms. The molecule has 9 heteroatoms. The quantitative estimate of drug-likeness (QED) is 0.526. The standard InChI is InChI=1S/C20H20ClF6NO/c1-2-28(12-6-9-14-7-4-3-5-8-14)17-11-10-15(13-16(17)21)18(29,19(22,23)24)20(25,26)27/h3-5,7-8,10-11,13,29H,2,6,9,12H2,1H3. The van der Waals surface area contributed by atoms with Gasteiger partial charge in [-0.3, -0.25) is 0 Å². The van der Waals surface area contributed by atoms with Gasteiger partial charge in [-0.25, -0.2) is 0 Å². The second-order valence-electron chi connectivity index (χ2n) is 6.54. The topological polar surface area (TPSA) is 23.5 Å².